The van der Waals surface area contributed by atoms with Crippen LogP contribution in [0.25, 0.3) is 0 Å². The second-order valence-corrected chi connectivity index (χ2v) is 14.2. The third kappa shape index (κ3) is 5.82. The fourth-order valence-electron chi connectivity index (χ4n) is 8.61. The molecule has 0 aliphatic carbocycles. The lowest BCUT2D eigenvalue weighted by molar-refractivity contribution is -0.132. The summed E-state index contributed by atoms with van der Waals surface area (Å²) in [6.07, 6.45) is 0.872. The monoisotopic (exact) mass is 726 g/mol. The summed E-state index contributed by atoms with van der Waals surface area (Å²) in [6, 6.07) is 11.1. The molecule has 13 nitrogen and oxygen atoms in total. The lowest BCUT2D eigenvalue weighted by Crippen LogP contribution is -2.69. The van der Waals surface area contributed by atoms with Crippen LogP contribution in [0.2, 0.25) is 0 Å². The van der Waals surface area contributed by atoms with E-state index < -0.39 is 30.1 Å². The van der Waals surface area contributed by atoms with Crippen LogP contribution in [-0.2, 0) is 22.4 Å². The van der Waals surface area contributed by atoms with Crippen molar-refractivity contribution in [3.8, 4) is 34.8 Å². The van der Waals surface area contributed by atoms with E-state index in [0.717, 1.165) is 27.9 Å². The molecule has 4 aliphatic heterocycles. The van der Waals surface area contributed by atoms with E-state index in [-0.39, 0.29) is 37.1 Å². The number of likely N-dealkylation sites (N-methyl/N-ethyl adjacent to an activating group) is 1. The summed E-state index contributed by atoms with van der Waals surface area (Å²) in [5.41, 5.74) is 5.34. The topological polar surface area (TPSA) is 158 Å². The molecule has 14 heteroatoms. The van der Waals surface area contributed by atoms with Crippen molar-refractivity contribution in [1.82, 2.24) is 20.4 Å². The number of amides is 1. The number of nitrogens with zero attached hydrogens (tertiary/aromatic N) is 3. The van der Waals surface area contributed by atoms with Gasteiger partial charge < -0.3 is 40.0 Å². The van der Waals surface area contributed by atoms with Crippen LogP contribution in [0.5, 0.6) is 28.7 Å². The number of nitrogens with one attached hydrogen (secondary N) is 3. The van der Waals surface area contributed by atoms with Crippen LogP contribution in [0.3, 0.4) is 0 Å². The SMILES string of the molecule is COc1c(C)cc2c(c1O)[C@@H]1C3Cc4c(OC(C)=O)c(C)c5c(c4[C@H](CNC(=O)[C@H](C)NC(=S)Nc4ccccc4)N3[C@@H](C#N)[C@@H](C2)N1C)OCO5. The Bertz CT molecular complexity index is 2000. The van der Waals surface area contributed by atoms with Crippen molar-refractivity contribution in [1.29, 1.82) is 5.26 Å². The second kappa shape index (κ2) is 13.8. The number of piperazine rings is 1. The summed E-state index contributed by atoms with van der Waals surface area (Å²) in [6.45, 7) is 6.85. The maximum absolute atomic E-state index is 13.7. The van der Waals surface area contributed by atoms with Gasteiger partial charge in [-0.3, -0.25) is 19.4 Å². The number of ether oxygens (including phenoxy) is 4. The summed E-state index contributed by atoms with van der Waals surface area (Å²) < 4.78 is 23.6. The molecule has 4 aliphatic rings. The third-order valence-electron chi connectivity index (χ3n) is 10.8. The van der Waals surface area contributed by atoms with Crippen molar-refractivity contribution in [3.05, 3.63) is 69.8 Å². The molecule has 0 aromatic heterocycles. The molecule has 1 unspecified atom stereocenters. The van der Waals surface area contributed by atoms with Crippen LogP contribution < -0.4 is 34.9 Å². The largest absolute Gasteiger partial charge is 0.504 e. The van der Waals surface area contributed by atoms with E-state index in [1.54, 1.807) is 6.92 Å². The number of phenols is 1. The molecule has 0 spiro atoms. The molecule has 6 atom stereocenters. The highest BCUT2D eigenvalue weighted by molar-refractivity contribution is 7.80. The Morgan fingerprint density at radius 3 is 2.54 bits per heavy atom. The fraction of sp³-hybridized carbons (Fsp3) is 0.421. The highest BCUT2D eigenvalue weighted by Gasteiger charge is 2.57. The number of thiocarbonyl (C=S) groups is 1. The molecule has 272 valence electrons. The van der Waals surface area contributed by atoms with Gasteiger partial charge in [-0.05, 0) is 76.1 Å². The van der Waals surface area contributed by atoms with Gasteiger partial charge in [-0.1, -0.05) is 24.3 Å². The second-order valence-electron chi connectivity index (χ2n) is 13.8. The van der Waals surface area contributed by atoms with Crippen LogP contribution in [0.15, 0.2) is 36.4 Å². The van der Waals surface area contributed by atoms with Gasteiger partial charge in [0.25, 0.3) is 0 Å². The number of nitriles is 1. The number of esters is 1. The predicted octanol–water partition coefficient (Wildman–Crippen LogP) is 3.93. The molecule has 2 bridgehead atoms. The first-order valence-electron chi connectivity index (χ1n) is 17.3. The van der Waals surface area contributed by atoms with Crippen LogP contribution in [0.1, 0.15) is 59.3 Å². The van der Waals surface area contributed by atoms with Gasteiger partial charge in [0, 0.05) is 53.5 Å². The van der Waals surface area contributed by atoms with Gasteiger partial charge in [-0.2, -0.15) is 5.26 Å². The van der Waals surface area contributed by atoms with Crippen molar-refractivity contribution in [2.24, 2.45) is 0 Å². The van der Waals surface area contributed by atoms with E-state index >= 15 is 0 Å². The van der Waals surface area contributed by atoms with Crippen LogP contribution in [0, 0.1) is 25.2 Å². The minimum absolute atomic E-state index is 0.0302. The lowest BCUT2D eigenvalue weighted by Gasteiger charge is -2.60. The molecule has 52 heavy (non-hydrogen) atoms. The molecule has 1 amide bonds. The van der Waals surface area contributed by atoms with Gasteiger partial charge in [0.2, 0.25) is 12.7 Å². The molecule has 0 radical (unpaired) electrons. The summed E-state index contributed by atoms with van der Waals surface area (Å²) in [5, 5.41) is 32.2. The quantitative estimate of drug-likeness (QED) is 0.158. The normalized spacial score (nSPS) is 23.2. The molecule has 4 heterocycles. The maximum atomic E-state index is 13.7. The van der Waals surface area contributed by atoms with Gasteiger partial charge in [0.15, 0.2) is 28.1 Å². The molecular weight excluding hydrogens is 685 g/mol. The number of carbonyl (C=O) groups is 2. The van der Waals surface area contributed by atoms with Gasteiger partial charge >= 0.3 is 5.97 Å². The Kier molecular flexibility index (Phi) is 9.37. The minimum Gasteiger partial charge on any atom is -0.504 e. The van der Waals surface area contributed by atoms with Crippen molar-refractivity contribution >= 4 is 34.9 Å². The van der Waals surface area contributed by atoms with Gasteiger partial charge in [0.1, 0.15) is 17.8 Å². The molecule has 1 saturated heterocycles. The summed E-state index contributed by atoms with van der Waals surface area (Å²) in [7, 11) is 3.52. The first-order valence-corrected chi connectivity index (χ1v) is 17.7. The summed E-state index contributed by atoms with van der Waals surface area (Å²) in [5.74, 6) is 1.00. The first-order chi connectivity index (χ1) is 24.9. The number of para-hydroxylation sites is 1. The number of aryl methyl sites for hydroxylation is 1. The first kappa shape index (κ1) is 35.3. The Hall–Kier alpha value is -5.10. The number of hydrogen-bond acceptors (Lipinski definition) is 11. The molecule has 3 aromatic rings. The lowest BCUT2D eigenvalue weighted by atomic mass is 9.71. The Morgan fingerprint density at radius 2 is 1.85 bits per heavy atom. The zero-order chi connectivity index (χ0) is 37.0. The molecule has 1 fully saturated rings. The summed E-state index contributed by atoms with van der Waals surface area (Å²) >= 11 is 5.49. The maximum Gasteiger partial charge on any atom is 0.308 e. The number of methoxy groups -OCH3 is 1. The van der Waals surface area contributed by atoms with Crippen LogP contribution in [0.4, 0.5) is 5.69 Å². The number of hydrogen-bond donors (Lipinski definition) is 4. The fourth-order valence-corrected chi connectivity index (χ4v) is 8.91. The van der Waals surface area contributed by atoms with Gasteiger partial charge in [0.05, 0.1) is 25.3 Å². The number of anilines is 1. The van der Waals surface area contributed by atoms with E-state index in [9.17, 15) is 20.0 Å². The molecule has 0 saturated carbocycles. The Balaban J connectivity index is 1.31. The van der Waals surface area contributed by atoms with E-state index in [1.165, 1.54) is 14.0 Å². The number of rotatable bonds is 7. The third-order valence-corrected chi connectivity index (χ3v) is 11.0. The van der Waals surface area contributed by atoms with Crippen molar-refractivity contribution in [2.45, 2.75) is 76.8 Å². The summed E-state index contributed by atoms with van der Waals surface area (Å²) in [4.78, 5) is 30.6. The molecule has 7 rings (SSSR count). The Labute approximate surface area is 307 Å². The van der Waals surface area contributed by atoms with E-state index in [2.05, 4.69) is 31.8 Å². The van der Waals surface area contributed by atoms with Gasteiger partial charge in [-0.15, -0.1) is 0 Å². The number of carbonyl (C=O) groups excluding carboxylic acids is 2. The van der Waals surface area contributed by atoms with E-state index in [0.29, 0.717) is 52.1 Å². The zero-order valence-electron chi connectivity index (χ0n) is 29.9. The van der Waals surface area contributed by atoms with Crippen molar-refractivity contribution in [3.63, 3.8) is 0 Å². The van der Waals surface area contributed by atoms with Gasteiger partial charge in [-0.25, -0.2) is 0 Å². The number of phenolic OH excluding ortho intramolecular Hbond substituents is 1. The highest BCUT2D eigenvalue weighted by Crippen LogP contribution is 2.58. The van der Waals surface area contributed by atoms with Crippen molar-refractivity contribution in [2.75, 3.05) is 32.8 Å². The molecular formula is C38H42N6O7S. The smallest absolute Gasteiger partial charge is 0.308 e. The number of aromatic hydroxyl groups is 1. The molecule has 3 aromatic carbocycles. The average molecular weight is 727 g/mol. The average Bonchev–Trinajstić information content (AvgIpc) is 3.60. The molecule has 4 N–H and O–H groups in total. The zero-order valence-corrected chi connectivity index (χ0v) is 30.7. The predicted molar refractivity (Wildman–Crippen MR) is 196 cm³/mol. The number of fused-ring (bicyclic) bond motifs is 9. The standard InChI is InChI=1S/C38H42N6O7S/c1-18-12-22-13-25-27(15-39)44-26(31(43(25)5)29(22)32(46)33(18)48-6)14-24-30(36-35(49-17-50-36)19(2)34(24)51-21(4)45)28(44)16-40-37(47)20(3)41-38(52)42-23-10-8-7-9-11-23/h7-12,20,25-28,31,46H,13-14,16-17H2,1-6H3,(H,40,47)(H2,41,42,52)/t20-,25+,26?,27-,28-,31-/m0/s1. The number of benzene rings is 3. The highest BCUT2D eigenvalue weighted by atomic mass is 32.1. The van der Waals surface area contributed by atoms with E-state index in [1.807, 2.05) is 57.3 Å². The van der Waals surface area contributed by atoms with Crippen LogP contribution in [-0.4, -0.2) is 83.6 Å². The Morgan fingerprint density at radius 1 is 1.12 bits per heavy atom. The van der Waals surface area contributed by atoms with Crippen molar-refractivity contribution < 1.29 is 33.6 Å². The van der Waals surface area contributed by atoms with E-state index in [4.69, 9.17) is 31.2 Å². The minimum atomic E-state index is -0.708. The van der Waals surface area contributed by atoms with Crippen LogP contribution >= 0.6 is 12.2 Å².